The van der Waals surface area contributed by atoms with E-state index in [0.717, 1.165) is 11.3 Å². The monoisotopic (exact) mass is 260 g/mol. The van der Waals surface area contributed by atoms with Gasteiger partial charge in [-0.1, -0.05) is 30.0 Å². The van der Waals surface area contributed by atoms with Gasteiger partial charge in [0.2, 0.25) is 0 Å². The second kappa shape index (κ2) is 5.64. The summed E-state index contributed by atoms with van der Waals surface area (Å²) in [5.41, 5.74) is 2.01. The highest BCUT2D eigenvalue weighted by atomic mass is 32.2. The summed E-state index contributed by atoms with van der Waals surface area (Å²) in [6, 6.07) is 8.80. The Balaban J connectivity index is 2.13. The molecule has 1 aromatic carbocycles. The van der Waals surface area contributed by atoms with Crippen LogP contribution < -0.4 is 0 Å². The van der Waals surface area contributed by atoms with Crippen LogP contribution in [0.5, 0.6) is 0 Å². The molecule has 0 aliphatic carbocycles. The molecule has 0 saturated heterocycles. The van der Waals surface area contributed by atoms with Crippen molar-refractivity contribution in [2.45, 2.75) is 17.8 Å². The summed E-state index contributed by atoms with van der Waals surface area (Å²) in [6.45, 7) is 1.90. The summed E-state index contributed by atoms with van der Waals surface area (Å²) < 4.78 is 0. The van der Waals surface area contributed by atoms with Crippen LogP contribution in [-0.2, 0) is 5.75 Å². The molecule has 0 atom stereocenters. The fourth-order valence-electron chi connectivity index (χ4n) is 1.49. The lowest BCUT2D eigenvalue weighted by Crippen LogP contribution is -2.01. The molecule has 0 radical (unpaired) electrons. The maximum Gasteiger partial charge on any atom is 0.335 e. The molecule has 0 saturated carbocycles. The molecule has 0 bridgehead atoms. The van der Waals surface area contributed by atoms with Crippen LogP contribution in [0.3, 0.4) is 0 Å². The van der Waals surface area contributed by atoms with Crippen LogP contribution in [-0.4, -0.2) is 21.0 Å². The van der Waals surface area contributed by atoms with E-state index in [1.807, 2.05) is 25.1 Å². The van der Waals surface area contributed by atoms with Crippen LogP contribution in [0, 0.1) is 6.92 Å². The molecular weight excluding hydrogens is 248 g/mol. The highest BCUT2D eigenvalue weighted by molar-refractivity contribution is 7.98. The third kappa shape index (κ3) is 3.07. The SMILES string of the molecule is Cc1ccnc(SCc2ccccc2C(=O)O)n1. The zero-order chi connectivity index (χ0) is 13.0. The van der Waals surface area contributed by atoms with Crippen molar-refractivity contribution in [3.05, 3.63) is 53.3 Å². The molecule has 1 aromatic heterocycles. The Morgan fingerprint density at radius 2 is 2.11 bits per heavy atom. The lowest BCUT2D eigenvalue weighted by molar-refractivity contribution is 0.0696. The second-order valence-corrected chi connectivity index (χ2v) is 4.67. The van der Waals surface area contributed by atoms with Crippen LogP contribution >= 0.6 is 11.8 Å². The lowest BCUT2D eigenvalue weighted by Gasteiger charge is -2.05. The lowest BCUT2D eigenvalue weighted by atomic mass is 10.1. The van der Waals surface area contributed by atoms with Gasteiger partial charge in [-0.05, 0) is 24.6 Å². The molecule has 0 aliphatic heterocycles. The first kappa shape index (κ1) is 12.6. The number of nitrogens with zero attached hydrogens (tertiary/aromatic N) is 2. The standard InChI is InChI=1S/C13H12N2O2S/c1-9-6-7-14-13(15-9)18-8-10-4-2-3-5-11(10)12(16)17/h2-7H,8H2,1H3,(H,16,17). The van der Waals surface area contributed by atoms with Crippen molar-refractivity contribution in [3.8, 4) is 0 Å². The number of aromatic carboxylic acids is 1. The van der Waals surface area contributed by atoms with Gasteiger partial charge in [0.1, 0.15) is 0 Å². The number of hydrogen-bond acceptors (Lipinski definition) is 4. The molecule has 0 amide bonds. The summed E-state index contributed by atoms with van der Waals surface area (Å²) in [5.74, 6) is -0.359. The Morgan fingerprint density at radius 1 is 1.33 bits per heavy atom. The van der Waals surface area contributed by atoms with E-state index in [0.29, 0.717) is 16.5 Å². The van der Waals surface area contributed by atoms with Gasteiger partial charge in [0.25, 0.3) is 0 Å². The van der Waals surface area contributed by atoms with Crippen molar-refractivity contribution >= 4 is 17.7 Å². The summed E-state index contributed by atoms with van der Waals surface area (Å²) in [5, 5.41) is 9.73. The highest BCUT2D eigenvalue weighted by Crippen LogP contribution is 2.21. The van der Waals surface area contributed by atoms with Crippen LogP contribution in [0.25, 0.3) is 0 Å². The molecule has 0 unspecified atom stereocenters. The van der Waals surface area contributed by atoms with Crippen molar-refractivity contribution in [2.75, 3.05) is 0 Å². The topological polar surface area (TPSA) is 63.1 Å². The molecule has 2 aromatic rings. The predicted molar refractivity (Wildman–Crippen MR) is 69.7 cm³/mol. The average Bonchev–Trinajstić information content (AvgIpc) is 2.37. The number of rotatable bonds is 4. The molecule has 1 N–H and O–H groups in total. The first-order chi connectivity index (χ1) is 8.66. The number of carboxylic acid groups (broad SMARTS) is 1. The molecule has 92 valence electrons. The van der Waals surface area contributed by atoms with E-state index in [1.165, 1.54) is 11.8 Å². The summed E-state index contributed by atoms with van der Waals surface area (Å²) in [6.07, 6.45) is 1.70. The fourth-order valence-corrected chi connectivity index (χ4v) is 2.37. The Morgan fingerprint density at radius 3 is 2.83 bits per heavy atom. The number of carboxylic acids is 1. The van der Waals surface area contributed by atoms with E-state index in [-0.39, 0.29) is 0 Å². The van der Waals surface area contributed by atoms with Gasteiger partial charge in [-0.2, -0.15) is 0 Å². The van der Waals surface area contributed by atoms with Crippen molar-refractivity contribution in [1.29, 1.82) is 0 Å². The quantitative estimate of drug-likeness (QED) is 0.676. The van der Waals surface area contributed by atoms with Crippen LogP contribution in [0.15, 0.2) is 41.7 Å². The number of aromatic nitrogens is 2. The van der Waals surface area contributed by atoms with E-state index in [4.69, 9.17) is 5.11 Å². The maximum atomic E-state index is 11.0. The number of aryl methyl sites for hydroxylation is 1. The number of hydrogen-bond donors (Lipinski definition) is 1. The summed E-state index contributed by atoms with van der Waals surface area (Å²) >= 11 is 1.43. The minimum Gasteiger partial charge on any atom is -0.478 e. The summed E-state index contributed by atoms with van der Waals surface area (Å²) in [7, 11) is 0. The van der Waals surface area contributed by atoms with E-state index in [2.05, 4.69) is 9.97 Å². The van der Waals surface area contributed by atoms with Gasteiger partial charge in [-0.25, -0.2) is 14.8 Å². The van der Waals surface area contributed by atoms with Crippen LogP contribution in [0.4, 0.5) is 0 Å². The van der Waals surface area contributed by atoms with Crippen molar-refractivity contribution in [1.82, 2.24) is 9.97 Å². The zero-order valence-electron chi connectivity index (χ0n) is 9.83. The Labute approximate surface area is 109 Å². The molecule has 2 rings (SSSR count). The minimum absolute atomic E-state index is 0.331. The van der Waals surface area contributed by atoms with Gasteiger partial charge in [0, 0.05) is 17.6 Å². The highest BCUT2D eigenvalue weighted by Gasteiger charge is 2.09. The predicted octanol–water partition coefficient (Wildman–Crippen LogP) is 2.78. The van der Waals surface area contributed by atoms with E-state index in [1.54, 1.807) is 18.3 Å². The zero-order valence-corrected chi connectivity index (χ0v) is 10.6. The molecule has 5 heteroatoms. The van der Waals surface area contributed by atoms with Gasteiger partial charge >= 0.3 is 5.97 Å². The normalized spacial score (nSPS) is 10.3. The number of thioether (sulfide) groups is 1. The Bertz CT molecular complexity index is 572. The second-order valence-electron chi connectivity index (χ2n) is 3.73. The number of benzene rings is 1. The first-order valence-corrected chi connectivity index (χ1v) is 6.39. The molecule has 4 nitrogen and oxygen atoms in total. The van der Waals surface area contributed by atoms with E-state index in [9.17, 15) is 4.79 Å². The molecule has 18 heavy (non-hydrogen) atoms. The molecule has 0 spiro atoms. The van der Waals surface area contributed by atoms with E-state index < -0.39 is 5.97 Å². The van der Waals surface area contributed by atoms with Crippen LogP contribution in [0.2, 0.25) is 0 Å². The van der Waals surface area contributed by atoms with Gasteiger partial charge < -0.3 is 5.11 Å². The van der Waals surface area contributed by atoms with Gasteiger partial charge in [0.15, 0.2) is 5.16 Å². The van der Waals surface area contributed by atoms with Gasteiger partial charge in [-0.3, -0.25) is 0 Å². The first-order valence-electron chi connectivity index (χ1n) is 5.40. The summed E-state index contributed by atoms with van der Waals surface area (Å²) in [4.78, 5) is 19.4. The maximum absolute atomic E-state index is 11.0. The number of carbonyl (C=O) groups is 1. The third-order valence-corrected chi connectivity index (χ3v) is 3.29. The largest absolute Gasteiger partial charge is 0.478 e. The minimum atomic E-state index is -0.906. The fraction of sp³-hybridized carbons (Fsp3) is 0.154. The van der Waals surface area contributed by atoms with Gasteiger partial charge in [-0.15, -0.1) is 0 Å². The Kier molecular flexibility index (Phi) is 3.94. The molecular formula is C13H12N2O2S. The van der Waals surface area contributed by atoms with E-state index >= 15 is 0 Å². The van der Waals surface area contributed by atoms with Crippen LogP contribution in [0.1, 0.15) is 21.6 Å². The van der Waals surface area contributed by atoms with Crippen molar-refractivity contribution in [2.24, 2.45) is 0 Å². The third-order valence-electron chi connectivity index (χ3n) is 2.38. The van der Waals surface area contributed by atoms with Crippen molar-refractivity contribution in [3.63, 3.8) is 0 Å². The molecule has 0 fully saturated rings. The smallest absolute Gasteiger partial charge is 0.335 e. The van der Waals surface area contributed by atoms with Gasteiger partial charge in [0.05, 0.1) is 5.56 Å². The molecule has 0 aliphatic rings. The molecule has 1 heterocycles. The average molecular weight is 260 g/mol. The Hall–Kier alpha value is -1.88. The van der Waals surface area contributed by atoms with Crippen molar-refractivity contribution < 1.29 is 9.90 Å².